The van der Waals surface area contributed by atoms with Gasteiger partial charge >= 0.3 is 0 Å². The first-order valence-electron chi connectivity index (χ1n) is 7.82. The van der Waals surface area contributed by atoms with Gasteiger partial charge in [0.25, 0.3) is 0 Å². The summed E-state index contributed by atoms with van der Waals surface area (Å²) in [5.41, 5.74) is 0. The molecule has 18 heavy (non-hydrogen) atoms. The molecule has 0 aromatic heterocycles. The summed E-state index contributed by atoms with van der Waals surface area (Å²) in [4.78, 5) is 7.93. The van der Waals surface area contributed by atoms with E-state index in [4.69, 9.17) is 0 Å². The first-order valence-corrected chi connectivity index (χ1v) is 7.82. The lowest BCUT2D eigenvalue weighted by Crippen LogP contribution is -2.60. The summed E-state index contributed by atoms with van der Waals surface area (Å²) in [6.07, 6.45) is 4.39. The largest absolute Gasteiger partial charge is 0.301 e. The summed E-state index contributed by atoms with van der Waals surface area (Å²) >= 11 is 0. The standard InChI is InChI=1S/C15H29N3/c1-12(2)18-6-4-17(5-7-18)11-13-8-14-10-15(9-13)16(14)3/h12-15H,4-11H2,1-3H3. The number of piperidine rings is 1. The molecule has 4 rings (SSSR count). The van der Waals surface area contributed by atoms with Gasteiger partial charge in [-0.15, -0.1) is 0 Å². The van der Waals surface area contributed by atoms with Crippen LogP contribution in [0.5, 0.6) is 0 Å². The Labute approximate surface area is 112 Å². The molecule has 0 spiro atoms. The minimum Gasteiger partial charge on any atom is -0.301 e. The molecule has 0 radical (unpaired) electrons. The summed E-state index contributed by atoms with van der Waals surface area (Å²) in [6.45, 7) is 11.1. The van der Waals surface area contributed by atoms with E-state index in [9.17, 15) is 0 Å². The molecular formula is C15H29N3. The van der Waals surface area contributed by atoms with Crippen molar-refractivity contribution in [2.75, 3.05) is 39.8 Å². The molecule has 2 unspecified atom stereocenters. The van der Waals surface area contributed by atoms with Crippen molar-refractivity contribution in [2.45, 2.75) is 51.2 Å². The Kier molecular flexibility index (Phi) is 3.65. The fourth-order valence-corrected chi connectivity index (χ4v) is 4.17. The zero-order valence-electron chi connectivity index (χ0n) is 12.3. The maximum absolute atomic E-state index is 2.72. The predicted octanol–water partition coefficient (Wildman–Crippen LogP) is 1.50. The Hall–Kier alpha value is -0.120. The molecule has 3 heterocycles. The molecule has 0 N–H and O–H groups in total. The van der Waals surface area contributed by atoms with Gasteiger partial charge in [-0.1, -0.05) is 0 Å². The van der Waals surface area contributed by atoms with Crippen LogP contribution < -0.4 is 0 Å². The van der Waals surface area contributed by atoms with Crippen LogP contribution in [0.2, 0.25) is 0 Å². The molecule has 1 aliphatic carbocycles. The summed E-state index contributed by atoms with van der Waals surface area (Å²) < 4.78 is 0. The van der Waals surface area contributed by atoms with Crippen LogP contribution in [0.4, 0.5) is 0 Å². The van der Waals surface area contributed by atoms with Crippen molar-refractivity contribution >= 4 is 0 Å². The van der Waals surface area contributed by atoms with E-state index in [-0.39, 0.29) is 0 Å². The maximum Gasteiger partial charge on any atom is 0.0113 e. The van der Waals surface area contributed by atoms with Gasteiger partial charge in [0, 0.05) is 50.8 Å². The minimum atomic E-state index is 0.725. The van der Waals surface area contributed by atoms with Crippen molar-refractivity contribution in [1.82, 2.24) is 14.7 Å². The number of hydrogen-bond acceptors (Lipinski definition) is 3. The molecule has 104 valence electrons. The van der Waals surface area contributed by atoms with Gasteiger partial charge in [-0.2, -0.15) is 0 Å². The SMILES string of the molecule is CC(C)N1CCN(CC2CC3CC(C2)N3C)CC1. The topological polar surface area (TPSA) is 9.72 Å². The van der Waals surface area contributed by atoms with Crippen LogP contribution >= 0.6 is 0 Å². The molecule has 3 nitrogen and oxygen atoms in total. The van der Waals surface area contributed by atoms with Crippen LogP contribution in [0.25, 0.3) is 0 Å². The highest BCUT2D eigenvalue weighted by Crippen LogP contribution is 2.40. The molecule has 0 aromatic carbocycles. The van der Waals surface area contributed by atoms with E-state index in [2.05, 4.69) is 35.6 Å². The number of rotatable bonds is 3. The number of hydrogen-bond donors (Lipinski definition) is 0. The zero-order valence-corrected chi connectivity index (χ0v) is 12.3. The maximum atomic E-state index is 2.72. The molecule has 4 aliphatic rings. The molecule has 2 atom stereocenters. The highest BCUT2D eigenvalue weighted by Gasteiger charge is 2.43. The Morgan fingerprint density at radius 3 is 2.06 bits per heavy atom. The van der Waals surface area contributed by atoms with Crippen molar-refractivity contribution in [1.29, 1.82) is 0 Å². The first kappa shape index (κ1) is 12.9. The van der Waals surface area contributed by atoms with E-state index in [0.29, 0.717) is 0 Å². The first-order chi connectivity index (χ1) is 8.63. The predicted molar refractivity (Wildman–Crippen MR) is 75.8 cm³/mol. The van der Waals surface area contributed by atoms with Crippen LogP contribution in [0.1, 0.15) is 33.1 Å². The number of fused-ring (bicyclic) bond motifs is 2. The van der Waals surface area contributed by atoms with E-state index in [0.717, 1.165) is 24.0 Å². The smallest absolute Gasteiger partial charge is 0.0113 e. The van der Waals surface area contributed by atoms with Crippen LogP contribution in [0, 0.1) is 5.92 Å². The fourth-order valence-electron chi connectivity index (χ4n) is 4.17. The second-order valence-electron chi connectivity index (χ2n) is 6.98. The number of nitrogens with zero attached hydrogens (tertiary/aromatic N) is 3. The third kappa shape index (κ3) is 2.45. The van der Waals surface area contributed by atoms with E-state index in [1.54, 1.807) is 0 Å². The molecule has 0 aromatic rings. The highest BCUT2D eigenvalue weighted by atomic mass is 15.3. The molecule has 2 bridgehead atoms. The van der Waals surface area contributed by atoms with Crippen molar-refractivity contribution in [3.05, 3.63) is 0 Å². The number of piperazine rings is 1. The van der Waals surface area contributed by atoms with Gasteiger partial charge in [-0.05, 0) is 46.1 Å². The van der Waals surface area contributed by atoms with E-state index >= 15 is 0 Å². The molecule has 1 saturated carbocycles. The van der Waals surface area contributed by atoms with Crippen molar-refractivity contribution in [3.8, 4) is 0 Å². The quantitative estimate of drug-likeness (QED) is 0.752. The molecule has 4 fully saturated rings. The van der Waals surface area contributed by atoms with Crippen LogP contribution in [0.3, 0.4) is 0 Å². The van der Waals surface area contributed by atoms with Crippen molar-refractivity contribution < 1.29 is 0 Å². The van der Waals surface area contributed by atoms with E-state index < -0.39 is 0 Å². The summed E-state index contributed by atoms with van der Waals surface area (Å²) in [5, 5.41) is 0. The average Bonchev–Trinajstić information content (AvgIpc) is 2.39. The van der Waals surface area contributed by atoms with Gasteiger partial charge in [0.2, 0.25) is 0 Å². The Morgan fingerprint density at radius 1 is 0.944 bits per heavy atom. The Morgan fingerprint density at radius 2 is 1.56 bits per heavy atom. The van der Waals surface area contributed by atoms with Gasteiger partial charge in [0.15, 0.2) is 0 Å². The van der Waals surface area contributed by atoms with Crippen molar-refractivity contribution in [2.24, 2.45) is 5.92 Å². The van der Waals surface area contributed by atoms with Crippen LogP contribution in [-0.4, -0.2) is 72.6 Å². The molecular weight excluding hydrogens is 222 g/mol. The third-order valence-electron chi connectivity index (χ3n) is 5.56. The van der Waals surface area contributed by atoms with Crippen LogP contribution in [-0.2, 0) is 0 Å². The Bertz CT molecular complexity index is 271. The van der Waals surface area contributed by atoms with Crippen molar-refractivity contribution in [3.63, 3.8) is 0 Å². The Balaban J connectivity index is 1.42. The van der Waals surface area contributed by atoms with Gasteiger partial charge in [-0.3, -0.25) is 4.90 Å². The third-order valence-corrected chi connectivity index (χ3v) is 5.56. The fraction of sp³-hybridized carbons (Fsp3) is 1.00. The molecule has 3 aliphatic heterocycles. The van der Waals surface area contributed by atoms with Crippen LogP contribution in [0.15, 0.2) is 0 Å². The molecule has 0 amide bonds. The lowest BCUT2D eigenvalue weighted by Gasteiger charge is -2.54. The monoisotopic (exact) mass is 251 g/mol. The highest BCUT2D eigenvalue weighted by molar-refractivity contribution is 4.98. The average molecular weight is 251 g/mol. The van der Waals surface area contributed by atoms with Gasteiger partial charge < -0.3 is 9.80 Å². The normalized spacial score (nSPS) is 39.0. The lowest BCUT2D eigenvalue weighted by molar-refractivity contribution is -0.0406. The van der Waals surface area contributed by atoms with Gasteiger partial charge in [-0.25, -0.2) is 0 Å². The van der Waals surface area contributed by atoms with Gasteiger partial charge in [0.1, 0.15) is 0 Å². The second kappa shape index (κ2) is 5.10. The second-order valence-corrected chi connectivity index (χ2v) is 6.98. The summed E-state index contributed by atoms with van der Waals surface area (Å²) in [6, 6.07) is 2.57. The summed E-state index contributed by atoms with van der Waals surface area (Å²) in [5.74, 6) is 0.982. The minimum absolute atomic E-state index is 0.725. The van der Waals surface area contributed by atoms with E-state index in [1.165, 1.54) is 52.0 Å². The lowest BCUT2D eigenvalue weighted by atomic mass is 9.74. The molecule has 3 saturated heterocycles. The van der Waals surface area contributed by atoms with Gasteiger partial charge in [0.05, 0.1) is 0 Å². The zero-order chi connectivity index (χ0) is 12.7. The molecule has 3 heteroatoms. The summed E-state index contributed by atoms with van der Waals surface area (Å²) in [7, 11) is 2.32. The van der Waals surface area contributed by atoms with E-state index in [1.807, 2.05) is 0 Å².